The summed E-state index contributed by atoms with van der Waals surface area (Å²) in [5.74, 6) is 1.75. The Morgan fingerprint density at radius 1 is 1.50 bits per heavy atom. The molecule has 0 spiro atoms. The Bertz CT molecular complexity index is 666. The van der Waals surface area contributed by atoms with Crippen LogP contribution in [0.25, 0.3) is 0 Å². The van der Waals surface area contributed by atoms with Crippen molar-refractivity contribution in [3.63, 3.8) is 0 Å². The fraction of sp³-hybridized carbons (Fsp3) is 0.688. The molecule has 24 heavy (non-hydrogen) atoms. The molecule has 8 heteroatoms. The molecule has 0 radical (unpaired) electrons. The van der Waals surface area contributed by atoms with Crippen molar-refractivity contribution < 1.29 is 12.8 Å². The second kappa shape index (κ2) is 7.14. The Labute approximate surface area is 144 Å². The highest BCUT2D eigenvalue weighted by Gasteiger charge is 2.41. The smallest absolute Gasteiger partial charge is 0.193 e. The van der Waals surface area contributed by atoms with E-state index in [9.17, 15) is 8.42 Å². The van der Waals surface area contributed by atoms with E-state index in [0.29, 0.717) is 19.6 Å². The first-order valence-electron chi connectivity index (χ1n) is 8.05. The molecule has 1 aliphatic rings. The van der Waals surface area contributed by atoms with Gasteiger partial charge in [-0.1, -0.05) is 0 Å². The molecule has 1 saturated heterocycles. The van der Waals surface area contributed by atoms with E-state index in [1.54, 1.807) is 27.2 Å². The lowest BCUT2D eigenvalue weighted by Crippen LogP contribution is -2.57. The van der Waals surface area contributed by atoms with Crippen LogP contribution in [0.5, 0.6) is 0 Å². The van der Waals surface area contributed by atoms with Gasteiger partial charge in [-0.05, 0) is 40.1 Å². The Morgan fingerprint density at radius 2 is 2.21 bits per heavy atom. The largest absolute Gasteiger partial charge is 0.468 e. The highest BCUT2D eigenvalue weighted by Crippen LogP contribution is 2.24. The fourth-order valence-electron chi connectivity index (χ4n) is 2.86. The maximum atomic E-state index is 12.2. The van der Waals surface area contributed by atoms with Crippen LogP contribution in [-0.4, -0.2) is 75.5 Å². The summed E-state index contributed by atoms with van der Waals surface area (Å²) in [6.45, 7) is 5.05. The van der Waals surface area contributed by atoms with Gasteiger partial charge in [0.25, 0.3) is 0 Å². The molecule has 0 amide bonds. The maximum absolute atomic E-state index is 12.2. The van der Waals surface area contributed by atoms with Crippen LogP contribution in [0.4, 0.5) is 0 Å². The summed E-state index contributed by atoms with van der Waals surface area (Å²) >= 11 is 0. The second-order valence-electron chi connectivity index (χ2n) is 6.92. The van der Waals surface area contributed by atoms with E-state index in [4.69, 9.17) is 4.42 Å². The van der Waals surface area contributed by atoms with E-state index in [-0.39, 0.29) is 11.8 Å². The van der Waals surface area contributed by atoms with Crippen LogP contribution in [0.2, 0.25) is 0 Å². The summed E-state index contributed by atoms with van der Waals surface area (Å²) in [6.07, 6.45) is 1.67. The van der Waals surface area contributed by atoms with Crippen molar-refractivity contribution in [3.05, 3.63) is 24.2 Å². The van der Waals surface area contributed by atoms with Crippen LogP contribution in [0.3, 0.4) is 0 Å². The number of guanidine groups is 1. The topological polar surface area (TPSA) is 78.2 Å². The summed E-state index contributed by atoms with van der Waals surface area (Å²) < 4.78 is 29.1. The van der Waals surface area contributed by atoms with Crippen molar-refractivity contribution in [2.24, 2.45) is 4.99 Å². The second-order valence-corrected chi connectivity index (χ2v) is 9.67. The number of furan rings is 1. The molecule has 0 saturated carbocycles. The zero-order valence-electron chi connectivity index (χ0n) is 15.1. The Hall–Kier alpha value is -1.54. The van der Waals surface area contributed by atoms with Crippen LogP contribution < -0.4 is 5.32 Å². The molecule has 7 nitrogen and oxygen atoms in total. The number of likely N-dealkylation sites (N-methyl/N-ethyl adjacent to an activating group) is 1. The summed E-state index contributed by atoms with van der Waals surface area (Å²) in [6, 6.07) is 3.89. The molecule has 0 aliphatic carbocycles. The predicted octanol–water partition coefficient (Wildman–Crippen LogP) is 0.967. The fourth-order valence-corrected chi connectivity index (χ4v) is 4.23. The number of rotatable bonds is 4. The van der Waals surface area contributed by atoms with Crippen LogP contribution >= 0.6 is 0 Å². The van der Waals surface area contributed by atoms with Gasteiger partial charge in [0.2, 0.25) is 0 Å². The lowest BCUT2D eigenvalue weighted by molar-refractivity contribution is 0.254. The molecule has 2 heterocycles. The summed E-state index contributed by atoms with van der Waals surface area (Å²) in [4.78, 5) is 8.41. The third-order valence-corrected chi connectivity index (χ3v) is 7.04. The van der Waals surface area contributed by atoms with E-state index in [2.05, 4.69) is 15.2 Å². The highest BCUT2D eigenvalue weighted by atomic mass is 32.2. The summed E-state index contributed by atoms with van der Waals surface area (Å²) in [7, 11) is 2.64. The van der Waals surface area contributed by atoms with E-state index in [1.807, 2.05) is 31.1 Å². The van der Waals surface area contributed by atoms with Crippen molar-refractivity contribution in [2.45, 2.75) is 24.6 Å². The zero-order chi connectivity index (χ0) is 18.0. The number of nitrogens with zero attached hydrogens (tertiary/aromatic N) is 3. The van der Waals surface area contributed by atoms with Gasteiger partial charge < -0.3 is 14.6 Å². The van der Waals surface area contributed by atoms with Crippen LogP contribution in [0, 0.1) is 0 Å². The maximum Gasteiger partial charge on any atom is 0.193 e. The van der Waals surface area contributed by atoms with Gasteiger partial charge in [0.15, 0.2) is 15.8 Å². The molecule has 1 unspecified atom stereocenters. The van der Waals surface area contributed by atoms with Gasteiger partial charge in [0, 0.05) is 26.7 Å². The lowest BCUT2D eigenvalue weighted by Gasteiger charge is -2.39. The number of hydrogen-bond donors (Lipinski definition) is 1. The van der Waals surface area contributed by atoms with Crippen molar-refractivity contribution in [3.8, 4) is 0 Å². The van der Waals surface area contributed by atoms with E-state index in [0.717, 1.165) is 11.7 Å². The van der Waals surface area contributed by atoms with Gasteiger partial charge in [-0.25, -0.2) is 8.42 Å². The standard InChI is InChI=1S/C16H28N4O3S/c1-16(2)12-20(8-10-24(16,21)22)15(17-3)18-11-13(19(4)5)14-7-6-9-23-14/h6-7,9,13H,8,10-12H2,1-5H3,(H,17,18). The normalized spacial score (nSPS) is 21.8. The van der Waals surface area contributed by atoms with E-state index < -0.39 is 14.6 Å². The minimum absolute atomic E-state index is 0.0679. The molecule has 2 rings (SSSR count). The zero-order valence-corrected chi connectivity index (χ0v) is 15.9. The van der Waals surface area contributed by atoms with Crippen molar-refractivity contribution in [1.82, 2.24) is 15.1 Å². The molecule has 1 aliphatic heterocycles. The van der Waals surface area contributed by atoms with Gasteiger partial charge in [0.1, 0.15) is 5.76 Å². The lowest BCUT2D eigenvalue weighted by atomic mass is 10.2. The molecule has 1 N–H and O–H groups in total. The minimum atomic E-state index is -3.06. The minimum Gasteiger partial charge on any atom is -0.468 e. The van der Waals surface area contributed by atoms with Crippen LogP contribution in [0.15, 0.2) is 27.8 Å². The molecule has 0 bridgehead atoms. The van der Waals surface area contributed by atoms with Gasteiger partial charge in [-0.3, -0.25) is 9.89 Å². The number of nitrogens with one attached hydrogen (secondary N) is 1. The average Bonchev–Trinajstić information content (AvgIpc) is 3.00. The third kappa shape index (κ3) is 3.92. The molecule has 1 atom stereocenters. The van der Waals surface area contributed by atoms with Gasteiger partial charge in [-0.2, -0.15) is 0 Å². The quantitative estimate of drug-likeness (QED) is 0.640. The monoisotopic (exact) mass is 356 g/mol. The Balaban J connectivity index is 2.05. The van der Waals surface area contributed by atoms with Gasteiger partial charge >= 0.3 is 0 Å². The average molecular weight is 356 g/mol. The van der Waals surface area contributed by atoms with Crippen LogP contribution in [-0.2, 0) is 9.84 Å². The molecule has 0 aromatic carbocycles. The van der Waals surface area contributed by atoms with Crippen molar-refractivity contribution in [2.75, 3.05) is 46.5 Å². The molecule has 1 fully saturated rings. The number of sulfone groups is 1. The van der Waals surface area contributed by atoms with Crippen LogP contribution in [0.1, 0.15) is 25.6 Å². The van der Waals surface area contributed by atoms with Crippen molar-refractivity contribution in [1.29, 1.82) is 0 Å². The summed E-state index contributed by atoms with van der Waals surface area (Å²) in [5, 5.41) is 3.35. The predicted molar refractivity (Wildman–Crippen MR) is 95.9 cm³/mol. The summed E-state index contributed by atoms with van der Waals surface area (Å²) in [5.41, 5.74) is 0. The van der Waals surface area contributed by atoms with Crippen molar-refractivity contribution >= 4 is 15.8 Å². The molecule has 136 valence electrons. The first kappa shape index (κ1) is 18.8. The van der Waals surface area contributed by atoms with E-state index >= 15 is 0 Å². The first-order valence-corrected chi connectivity index (χ1v) is 9.71. The highest BCUT2D eigenvalue weighted by molar-refractivity contribution is 7.92. The molecular formula is C16H28N4O3S. The molecule has 1 aromatic rings. The Kier molecular flexibility index (Phi) is 5.59. The van der Waals surface area contributed by atoms with E-state index in [1.165, 1.54) is 0 Å². The number of aliphatic imine (C=N–C) groups is 1. The van der Waals surface area contributed by atoms with Gasteiger partial charge in [0.05, 0.1) is 22.8 Å². The number of hydrogen-bond acceptors (Lipinski definition) is 5. The Morgan fingerprint density at radius 3 is 2.71 bits per heavy atom. The molecular weight excluding hydrogens is 328 g/mol. The SMILES string of the molecule is CN=C(NCC(c1ccco1)N(C)C)N1CCS(=O)(=O)C(C)(C)C1. The van der Waals surface area contributed by atoms with Gasteiger partial charge in [-0.15, -0.1) is 0 Å². The molecule has 1 aromatic heterocycles. The first-order chi connectivity index (χ1) is 11.2. The third-order valence-electron chi connectivity index (χ3n) is 4.50.